The highest BCUT2D eigenvalue weighted by atomic mass is 35.5. The van der Waals surface area contributed by atoms with E-state index in [4.69, 9.17) is 23.2 Å². The Bertz CT molecular complexity index is 2480. The van der Waals surface area contributed by atoms with Crippen molar-refractivity contribution in [1.82, 2.24) is 9.99 Å². The number of alkyl halides is 3. The number of anilines is 2. The van der Waals surface area contributed by atoms with Crippen LogP contribution in [-0.2, 0) is 30.8 Å². The zero-order valence-corrected chi connectivity index (χ0v) is 30.9. The molecule has 292 valence electrons. The van der Waals surface area contributed by atoms with Gasteiger partial charge in [-0.05, 0) is 67.1 Å². The van der Waals surface area contributed by atoms with Crippen LogP contribution < -0.4 is 10.3 Å². The van der Waals surface area contributed by atoms with E-state index in [1.165, 1.54) is 18.2 Å². The fourth-order valence-corrected chi connectivity index (χ4v) is 9.47. The van der Waals surface area contributed by atoms with Gasteiger partial charge in [-0.15, -0.1) is 0 Å². The molecule has 2 aliphatic heterocycles. The number of hydrazine groups is 1. The van der Waals surface area contributed by atoms with E-state index in [9.17, 15) is 47.7 Å². The molecule has 3 fully saturated rings. The topological polar surface area (TPSA) is 177 Å². The number of hydrogen-bond acceptors (Lipinski definition) is 9. The van der Waals surface area contributed by atoms with Gasteiger partial charge in [-0.2, -0.15) is 18.2 Å². The third-order valence-corrected chi connectivity index (χ3v) is 12.1. The average Bonchev–Trinajstić information content (AvgIpc) is 3.54. The van der Waals surface area contributed by atoms with Gasteiger partial charge >= 0.3 is 12.1 Å². The molecule has 8 rings (SSSR count). The number of halogens is 5. The Labute approximate surface area is 331 Å². The molecule has 4 N–H and O–H groups in total. The largest absolute Gasteiger partial charge is 0.507 e. The molecular weight excluding hydrogens is 792 g/mol. The summed E-state index contributed by atoms with van der Waals surface area (Å²) in [6, 6.07) is 15.0. The molecule has 1 aromatic heterocycles. The lowest BCUT2D eigenvalue weighted by Gasteiger charge is -2.50. The van der Waals surface area contributed by atoms with Crippen molar-refractivity contribution in [3.05, 3.63) is 122 Å². The van der Waals surface area contributed by atoms with Crippen molar-refractivity contribution in [2.24, 2.45) is 23.7 Å². The summed E-state index contributed by atoms with van der Waals surface area (Å²) in [5.74, 6) is -11.1. The van der Waals surface area contributed by atoms with E-state index in [0.29, 0.717) is 39.0 Å². The molecule has 12 nitrogen and oxygen atoms in total. The number of pyridine rings is 1. The molecular formula is C40H29Cl2F3N4O8. The number of carboxylic acids is 1. The number of para-hydroxylation sites is 1. The number of hydrogen-bond donors (Lipinski definition) is 4. The molecule has 0 unspecified atom stereocenters. The molecule has 6 atom stereocenters. The first-order valence-electron chi connectivity index (χ1n) is 17.5. The number of aromatic hydroxyl groups is 2. The average molecular weight is 822 g/mol. The zero-order valence-electron chi connectivity index (χ0n) is 29.4. The van der Waals surface area contributed by atoms with Crippen LogP contribution in [0.3, 0.4) is 0 Å². The summed E-state index contributed by atoms with van der Waals surface area (Å²) < 4.78 is 40.4. The molecule has 57 heavy (non-hydrogen) atoms. The number of aryl methyl sites for hydroxylation is 1. The maximum absolute atomic E-state index is 15.3. The molecule has 17 heteroatoms. The van der Waals surface area contributed by atoms with Gasteiger partial charge in [-0.3, -0.25) is 24.6 Å². The number of fused-ring (bicyclic) bond motifs is 4. The van der Waals surface area contributed by atoms with E-state index in [0.717, 1.165) is 17.0 Å². The second-order valence-electron chi connectivity index (χ2n) is 14.4. The zero-order chi connectivity index (χ0) is 40.9. The minimum absolute atomic E-state index is 0.0103. The van der Waals surface area contributed by atoms with Crippen LogP contribution in [0.4, 0.5) is 24.7 Å². The number of amides is 4. The lowest BCUT2D eigenvalue weighted by molar-refractivity contribution is -0.139. The standard InChI is InChI=1S/C40H29Cl2F3N4O8/c1-17-3-2-4-25(32(17)51)31-22-11-12-24-30(36(54)48(34(24)52)21-9-10-23(37(55)56)29(50)14-21)26(22)15-27-35(53)49(38(57)39(27,31)18-5-7-20(41)8-6-18)47-33-28(42)13-19(16-46-33)40(43,44)45/h2-11,13-14,16,24,26-27,30-31,50-51H,12,15H2,1H3,(H,46,47)(H,55,56)/t24-,26+,27-,30-,31+,39+/m0/s1. The molecule has 0 spiro atoms. The predicted molar refractivity (Wildman–Crippen MR) is 197 cm³/mol. The number of carboxylic acid groups (broad SMARTS) is 1. The lowest BCUT2D eigenvalue weighted by Crippen LogP contribution is -2.53. The van der Waals surface area contributed by atoms with E-state index >= 15 is 4.79 Å². The van der Waals surface area contributed by atoms with Gasteiger partial charge in [-0.25, -0.2) is 14.7 Å². The number of aromatic carboxylic acids is 1. The third-order valence-electron chi connectivity index (χ3n) is 11.6. The maximum Gasteiger partial charge on any atom is 0.417 e. The van der Waals surface area contributed by atoms with Crippen molar-refractivity contribution < 1.29 is 52.5 Å². The van der Waals surface area contributed by atoms with Crippen LogP contribution in [0.1, 0.15) is 51.4 Å². The van der Waals surface area contributed by atoms with Gasteiger partial charge in [0.25, 0.3) is 11.8 Å². The van der Waals surface area contributed by atoms with Gasteiger partial charge in [0.1, 0.15) is 17.1 Å². The van der Waals surface area contributed by atoms with Crippen LogP contribution in [0.5, 0.6) is 11.5 Å². The monoisotopic (exact) mass is 820 g/mol. The number of nitrogens with one attached hydrogen (secondary N) is 1. The van der Waals surface area contributed by atoms with Crippen LogP contribution in [0, 0.1) is 30.6 Å². The highest BCUT2D eigenvalue weighted by Gasteiger charge is 2.70. The number of allylic oxidation sites excluding steroid dienone is 2. The molecule has 0 bridgehead atoms. The predicted octanol–water partition coefficient (Wildman–Crippen LogP) is 7.01. The minimum Gasteiger partial charge on any atom is -0.507 e. The summed E-state index contributed by atoms with van der Waals surface area (Å²) in [6.07, 6.45) is -2.71. The number of nitrogens with zero attached hydrogens (tertiary/aromatic N) is 3. The lowest BCUT2D eigenvalue weighted by atomic mass is 9.49. The Morgan fingerprint density at radius 1 is 0.947 bits per heavy atom. The molecule has 3 aromatic carbocycles. The van der Waals surface area contributed by atoms with Crippen LogP contribution >= 0.6 is 23.2 Å². The number of carbonyl (C=O) groups excluding carboxylic acids is 4. The molecule has 4 amide bonds. The number of imide groups is 2. The van der Waals surface area contributed by atoms with E-state index < -0.39 is 98.5 Å². The minimum atomic E-state index is -4.79. The fourth-order valence-electron chi connectivity index (χ4n) is 9.14. The number of phenols is 2. The quantitative estimate of drug-likeness (QED) is 0.117. The van der Waals surface area contributed by atoms with Gasteiger partial charge in [0, 0.05) is 28.8 Å². The Hall–Kier alpha value is -5.93. The Morgan fingerprint density at radius 3 is 2.32 bits per heavy atom. The fraction of sp³-hybridized carbons (Fsp3) is 0.250. The van der Waals surface area contributed by atoms with Crippen LogP contribution in [0.2, 0.25) is 10.0 Å². The van der Waals surface area contributed by atoms with Crippen LogP contribution in [0.25, 0.3) is 0 Å². The SMILES string of the molecule is Cc1cccc([C@H]2C3=CC[C@@H]4C(=O)N(c5ccc(C(=O)O)c(O)c5)C(=O)[C@@H]4[C@@H]3C[C@H]3C(=O)N(Nc4ncc(C(F)(F)F)cc4Cl)C(=O)[C@@]23c2ccc(Cl)cc2)c1O. The summed E-state index contributed by atoms with van der Waals surface area (Å²) in [7, 11) is 0. The first-order chi connectivity index (χ1) is 27.0. The van der Waals surface area contributed by atoms with Gasteiger partial charge < -0.3 is 15.3 Å². The molecule has 4 aliphatic rings. The number of carbonyl (C=O) groups is 5. The van der Waals surface area contributed by atoms with Crippen molar-refractivity contribution in [3.63, 3.8) is 0 Å². The van der Waals surface area contributed by atoms with Crippen molar-refractivity contribution in [1.29, 1.82) is 0 Å². The van der Waals surface area contributed by atoms with Gasteiger partial charge in [0.05, 0.1) is 39.4 Å². The van der Waals surface area contributed by atoms with Crippen molar-refractivity contribution in [3.8, 4) is 11.5 Å². The summed E-state index contributed by atoms with van der Waals surface area (Å²) in [5.41, 5.74) is 0.490. The van der Waals surface area contributed by atoms with Gasteiger partial charge in [0.15, 0.2) is 5.82 Å². The highest BCUT2D eigenvalue weighted by Crippen LogP contribution is 2.65. The summed E-state index contributed by atoms with van der Waals surface area (Å²) in [6.45, 7) is 1.65. The summed E-state index contributed by atoms with van der Waals surface area (Å²) >= 11 is 12.5. The van der Waals surface area contributed by atoms with Crippen LogP contribution in [-0.4, -0.2) is 54.9 Å². The van der Waals surface area contributed by atoms with Crippen molar-refractivity contribution >= 4 is 64.3 Å². The number of phenolic OH excluding ortho intramolecular Hbond substituents is 1. The van der Waals surface area contributed by atoms with E-state index in [-0.39, 0.29) is 29.8 Å². The molecule has 1 saturated carbocycles. The molecule has 3 heterocycles. The highest BCUT2D eigenvalue weighted by molar-refractivity contribution is 6.33. The Balaban J connectivity index is 1.30. The number of rotatable bonds is 6. The first kappa shape index (κ1) is 38.0. The van der Waals surface area contributed by atoms with Crippen LogP contribution in [0.15, 0.2) is 84.6 Å². The van der Waals surface area contributed by atoms with Crippen molar-refractivity contribution in [2.45, 2.75) is 37.3 Å². The van der Waals surface area contributed by atoms with Crippen molar-refractivity contribution in [2.75, 3.05) is 10.3 Å². The third kappa shape index (κ3) is 5.65. The first-order valence-corrected chi connectivity index (χ1v) is 18.3. The Morgan fingerprint density at radius 2 is 1.67 bits per heavy atom. The van der Waals surface area contributed by atoms with Gasteiger partial charge in [-0.1, -0.05) is 65.2 Å². The second-order valence-corrected chi connectivity index (χ2v) is 15.3. The second kappa shape index (κ2) is 13.3. The normalized spacial score (nSPS) is 25.6. The number of aromatic nitrogens is 1. The molecule has 0 radical (unpaired) electrons. The Kier molecular flexibility index (Phi) is 8.89. The van der Waals surface area contributed by atoms with E-state index in [2.05, 4.69) is 10.4 Å². The summed E-state index contributed by atoms with van der Waals surface area (Å²) in [4.78, 5) is 74.9. The van der Waals surface area contributed by atoms with E-state index in [1.807, 2.05) is 0 Å². The smallest absolute Gasteiger partial charge is 0.417 e. The molecule has 4 aromatic rings. The molecule has 2 saturated heterocycles. The number of benzene rings is 3. The summed E-state index contributed by atoms with van der Waals surface area (Å²) in [5, 5.41) is 32.0. The maximum atomic E-state index is 15.3. The van der Waals surface area contributed by atoms with Gasteiger partial charge in [0.2, 0.25) is 11.8 Å². The van der Waals surface area contributed by atoms with E-state index in [1.54, 1.807) is 43.3 Å². The molecule has 2 aliphatic carbocycles.